The molecule has 2 aromatic carbocycles. The van der Waals surface area contributed by atoms with Crippen LogP contribution in [0, 0.1) is 0 Å². The standard InChI is InChI=1S/C21H22N4O5S/c26-20-11-10-19(23-25(20)17-4-2-1-3-5-17)21(27)22-16-6-8-18(9-7-16)31(28,29)24-12-14-30-15-13-24/h1-10,23H,11-15H2,(H,22,27). The smallest absolute Gasteiger partial charge is 0.273 e. The van der Waals surface area contributed by atoms with E-state index in [9.17, 15) is 18.0 Å². The number of para-hydroxylation sites is 1. The zero-order chi connectivity index (χ0) is 21.8. The molecule has 2 heterocycles. The van der Waals surface area contributed by atoms with Gasteiger partial charge in [-0.2, -0.15) is 4.31 Å². The number of nitrogens with zero attached hydrogens (tertiary/aromatic N) is 2. The number of sulfonamides is 1. The van der Waals surface area contributed by atoms with Crippen molar-refractivity contribution in [2.45, 2.75) is 11.3 Å². The van der Waals surface area contributed by atoms with Crippen LogP contribution in [0.25, 0.3) is 0 Å². The molecular formula is C21H22N4O5S. The van der Waals surface area contributed by atoms with E-state index >= 15 is 0 Å². The number of carbonyl (C=O) groups is 2. The van der Waals surface area contributed by atoms with E-state index < -0.39 is 15.9 Å². The lowest BCUT2D eigenvalue weighted by molar-refractivity contribution is -0.119. The van der Waals surface area contributed by atoms with Gasteiger partial charge in [0.2, 0.25) is 15.9 Å². The molecule has 2 N–H and O–H groups in total. The molecule has 0 radical (unpaired) electrons. The highest BCUT2D eigenvalue weighted by Crippen LogP contribution is 2.21. The monoisotopic (exact) mass is 442 g/mol. The average molecular weight is 442 g/mol. The van der Waals surface area contributed by atoms with Gasteiger partial charge in [-0.05, 0) is 42.5 Å². The second kappa shape index (κ2) is 8.88. The maximum Gasteiger partial charge on any atom is 0.273 e. The Morgan fingerprint density at radius 1 is 1.00 bits per heavy atom. The van der Waals surface area contributed by atoms with Gasteiger partial charge in [-0.1, -0.05) is 18.2 Å². The molecule has 0 aromatic heterocycles. The molecule has 1 saturated heterocycles. The van der Waals surface area contributed by atoms with Gasteiger partial charge in [-0.15, -0.1) is 0 Å². The summed E-state index contributed by atoms with van der Waals surface area (Å²) < 4.78 is 32.0. The number of morpholine rings is 1. The summed E-state index contributed by atoms with van der Waals surface area (Å²) >= 11 is 0. The van der Waals surface area contributed by atoms with Crippen LogP contribution in [0.4, 0.5) is 11.4 Å². The van der Waals surface area contributed by atoms with E-state index in [1.807, 2.05) is 6.07 Å². The second-order valence-corrected chi connectivity index (χ2v) is 8.93. The third-order valence-corrected chi connectivity index (χ3v) is 6.85. The molecular weight excluding hydrogens is 420 g/mol. The minimum absolute atomic E-state index is 0.0847. The summed E-state index contributed by atoms with van der Waals surface area (Å²) in [5.74, 6) is -0.613. The average Bonchev–Trinajstić information content (AvgIpc) is 2.81. The molecule has 31 heavy (non-hydrogen) atoms. The van der Waals surface area contributed by atoms with Crippen LogP contribution in [0.1, 0.15) is 6.42 Å². The van der Waals surface area contributed by atoms with E-state index in [2.05, 4.69) is 10.7 Å². The zero-order valence-corrected chi connectivity index (χ0v) is 17.5. The first kappa shape index (κ1) is 21.0. The normalized spacial score (nSPS) is 17.6. The number of amides is 2. The summed E-state index contributed by atoms with van der Waals surface area (Å²) in [6.45, 7) is 1.38. The highest BCUT2D eigenvalue weighted by atomic mass is 32.2. The Morgan fingerprint density at radius 2 is 1.68 bits per heavy atom. The minimum Gasteiger partial charge on any atom is -0.379 e. The van der Waals surface area contributed by atoms with Gasteiger partial charge in [0.1, 0.15) is 5.70 Å². The first-order valence-corrected chi connectivity index (χ1v) is 11.2. The highest BCUT2D eigenvalue weighted by Gasteiger charge is 2.27. The molecule has 10 heteroatoms. The van der Waals surface area contributed by atoms with E-state index in [4.69, 9.17) is 4.74 Å². The number of anilines is 2. The molecule has 2 aromatic rings. The van der Waals surface area contributed by atoms with Gasteiger partial charge in [0, 0.05) is 25.2 Å². The fraction of sp³-hybridized carbons (Fsp3) is 0.238. The first-order valence-electron chi connectivity index (χ1n) is 9.79. The van der Waals surface area contributed by atoms with Crippen molar-refractivity contribution in [2.24, 2.45) is 0 Å². The van der Waals surface area contributed by atoms with Crippen LogP contribution in [0.5, 0.6) is 0 Å². The lowest BCUT2D eigenvalue weighted by atomic mass is 10.2. The maximum atomic E-state index is 12.7. The molecule has 2 aliphatic heterocycles. The third-order valence-electron chi connectivity index (χ3n) is 4.94. The molecule has 0 aliphatic carbocycles. The molecule has 0 unspecified atom stereocenters. The fourth-order valence-corrected chi connectivity index (χ4v) is 4.69. The molecule has 1 fully saturated rings. The molecule has 0 spiro atoms. The second-order valence-electron chi connectivity index (χ2n) is 6.99. The summed E-state index contributed by atoms with van der Waals surface area (Å²) in [7, 11) is -3.60. The number of hydrogen-bond donors (Lipinski definition) is 2. The highest BCUT2D eigenvalue weighted by molar-refractivity contribution is 7.89. The van der Waals surface area contributed by atoms with Gasteiger partial charge in [0.25, 0.3) is 5.91 Å². The lowest BCUT2D eigenvalue weighted by Crippen LogP contribution is -2.47. The number of ether oxygens (including phenoxy) is 1. The van der Waals surface area contributed by atoms with Gasteiger partial charge in [-0.25, -0.2) is 13.4 Å². The van der Waals surface area contributed by atoms with Crippen molar-refractivity contribution in [3.8, 4) is 0 Å². The number of benzene rings is 2. The van der Waals surface area contributed by atoms with Crippen molar-refractivity contribution in [1.29, 1.82) is 0 Å². The van der Waals surface area contributed by atoms with E-state index in [1.165, 1.54) is 39.7 Å². The fourth-order valence-electron chi connectivity index (χ4n) is 3.28. The largest absolute Gasteiger partial charge is 0.379 e. The van der Waals surface area contributed by atoms with E-state index in [-0.39, 0.29) is 22.9 Å². The van der Waals surface area contributed by atoms with Gasteiger partial charge < -0.3 is 10.1 Å². The Hall–Kier alpha value is -3.21. The van der Waals surface area contributed by atoms with Crippen LogP contribution < -0.4 is 15.8 Å². The molecule has 0 atom stereocenters. The predicted octanol–water partition coefficient (Wildman–Crippen LogP) is 1.47. The van der Waals surface area contributed by atoms with E-state index in [0.29, 0.717) is 37.7 Å². The maximum absolute atomic E-state index is 12.7. The number of hydrogen-bond acceptors (Lipinski definition) is 6. The number of hydrazine groups is 1. The van der Waals surface area contributed by atoms with E-state index in [1.54, 1.807) is 24.3 Å². The summed E-state index contributed by atoms with van der Waals surface area (Å²) in [6.07, 6.45) is 1.61. The Bertz CT molecular complexity index is 1090. The Labute approximate surface area is 180 Å². The molecule has 4 rings (SSSR count). The van der Waals surface area contributed by atoms with Gasteiger partial charge >= 0.3 is 0 Å². The van der Waals surface area contributed by atoms with Crippen molar-refractivity contribution in [1.82, 2.24) is 9.73 Å². The molecule has 2 amide bonds. The van der Waals surface area contributed by atoms with Gasteiger partial charge in [-0.3, -0.25) is 15.0 Å². The number of nitrogens with one attached hydrogen (secondary N) is 2. The summed E-state index contributed by atoms with van der Waals surface area (Å²) in [4.78, 5) is 25.0. The Balaban J connectivity index is 1.43. The molecule has 2 aliphatic rings. The van der Waals surface area contributed by atoms with Gasteiger partial charge in [0.05, 0.1) is 23.8 Å². The minimum atomic E-state index is -3.60. The van der Waals surface area contributed by atoms with Crippen LogP contribution in [0.2, 0.25) is 0 Å². The quantitative estimate of drug-likeness (QED) is 0.726. The van der Waals surface area contributed by atoms with Crippen molar-refractivity contribution in [3.63, 3.8) is 0 Å². The molecule has 9 nitrogen and oxygen atoms in total. The third kappa shape index (κ3) is 4.61. The van der Waals surface area contributed by atoms with Crippen LogP contribution in [-0.2, 0) is 24.3 Å². The topological polar surface area (TPSA) is 108 Å². The van der Waals surface area contributed by atoms with E-state index in [0.717, 1.165) is 0 Å². The molecule has 0 bridgehead atoms. The summed E-state index contributed by atoms with van der Waals surface area (Å²) in [5, 5.41) is 4.05. The van der Waals surface area contributed by atoms with Crippen molar-refractivity contribution in [2.75, 3.05) is 36.6 Å². The van der Waals surface area contributed by atoms with Crippen molar-refractivity contribution < 1.29 is 22.7 Å². The zero-order valence-electron chi connectivity index (χ0n) is 16.7. The van der Waals surface area contributed by atoms with Crippen molar-refractivity contribution >= 4 is 33.2 Å². The number of carbonyl (C=O) groups excluding carboxylic acids is 2. The van der Waals surface area contributed by atoms with Crippen LogP contribution in [0.3, 0.4) is 0 Å². The van der Waals surface area contributed by atoms with Crippen LogP contribution >= 0.6 is 0 Å². The van der Waals surface area contributed by atoms with Crippen LogP contribution in [0.15, 0.2) is 71.3 Å². The number of rotatable bonds is 5. The SMILES string of the molecule is O=C(Nc1ccc(S(=O)(=O)N2CCOCC2)cc1)C1=CCC(=O)N(c2ccccc2)N1. The predicted molar refractivity (Wildman–Crippen MR) is 114 cm³/mol. The Morgan fingerprint density at radius 3 is 2.35 bits per heavy atom. The summed E-state index contributed by atoms with van der Waals surface area (Å²) in [6, 6.07) is 15.0. The van der Waals surface area contributed by atoms with Crippen molar-refractivity contribution in [3.05, 3.63) is 66.4 Å². The Kier molecular flexibility index (Phi) is 6.03. The molecule has 162 valence electrons. The lowest BCUT2D eigenvalue weighted by Gasteiger charge is -2.28. The summed E-state index contributed by atoms with van der Waals surface area (Å²) in [5.41, 5.74) is 4.14. The van der Waals surface area contributed by atoms with Crippen LogP contribution in [-0.4, -0.2) is 50.8 Å². The molecule has 0 saturated carbocycles. The first-order chi connectivity index (χ1) is 14.9. The van der Waals surface area contributed by atoms with Gasteiger partial charge in [0.15, 0.2) is 0 Å².